The second-order valence-corrected chi connectivity index (χ2v) is 5.31. The molecule has 0 unspecified atom stereocenters. The zero-order valence-electron chi connectivity index (χ0n) is 13.5. The summed E-state index contributed by atoms with van der Waals surface area (Å²) >= 11 is 0. The molecule has 0 saturated heterocycles. The zero-order chi connectivity index (χ0) is 18.2. The Balaban J connectivity index is 1.81. The predicted molar refractivity (Wildman–Crippen MR) is 89.4 cm³/mol. The maximum absolute atomic E-state index is 13.6. The zero-order valence-corrected chi connectivity index (χ0v) is 13.5. The summed E-state index contributed by atoms with van der Waals surface area (Å²) in [6.07, 6.45) is 2.78. The number of hydrogen-bond acceptors (Lipinski definition) is 3. The fourth-order valence-electron chi connectivity index (χ4n) is 2.13. The van der Waals surface area contributed by atoms with Crippen molar-refractivity contribution in [3.8, 4) is 0 Å². The Hall–Kier alpha value is -3.02. The second kappa shape index (κ2) is 8.73. The topological polar surface area (TPSA) is 55.4 Å². The van der Waals surface area contributed by atoms with Crippen molar-refractivity contribution in [1.82, 2.24) is 5.32 Å². The molecule has 1 atom stereocenters. The van der Waals surface area contributed by atoms with Gasteiger partial charge in [-0.3, -0.25) is 4.79 Å². The van der Waals surface area contributed by atoms with E-state index >= 15 is 0 Å². The number of ether oxygens (including phenoxy) is 1. The van der Waals surface area contributed by atoms with Gasteiger partial charge in [-0.2, -0.15) is 0 Å². The highest BCUT2D eigenvalue weighted by Gasteiger charge is 2.15. The molecule has 0 bridgehead atoms. The van der Waals surface area contributed by atoms with E-state index in [-0.39, 0.29) is 5.56 Å². The van der Waals surface area contributed by atoms with Crippen LogP contribution < -0.4 is 5.32 Å². The van der Waals surface area contributed by atoms with Gasteiger partial charge in [-0.1, -0.05) is 36.4 Å². The van der Waals surface area contributed by atoms with Gasteiger partial charge in [0.05, 0.1) is 6.04 Å². The van der Waals surface area contributed by atoms with Gasteiger partial charge in [0, 0.05) is 17.7 Å². The van der Waals surface area contributed by atoms with Crippen LogP contribution in [0.5, 0.6) is 0 Å². The first kappa shape index (κ1) is 18.3. The average molecular weight is 345 g/mol. The van der Waals surface area contributed by atoms with Crippen LogP contribution >= 0.6 is 0 Å². The van der Waals surface area contributed by atoms with Crippen LogP contribution in [0.15, 0.2) is 54.6 Å². The van der Waals surface area contributed by atoms with Crippen LogP contribution in [0.3, 0.4) is 0 Å². The van der Waals surface area contributed by atoms with Crippen LogP contribution in [0.2, 0.25) is 0 Å². The maximum Gasteiger partial charge on any atom is 0.331 e. The van der Waals surface area contributed by atoms with Crippen LogP contribution in [0.1, 0.15) is 24.1 Å². The van der Waals surface area contributed by atoms with Crippen molar-refractivity contribution >= 4 is 18.0 Å². The summed E-state index contributed by atoms with van der Waals surface area (Å²) in [6, 6.07) is 11.6. The molecular formula is C19H17F2NO3. The van der Waals surface area contributed by atoms with Crippen molar-refractivity contribution in [1.29, 1.82) is 0 Å². The second-order valence-electron chi connectivity index (χ2n) is 5.31. The lowest BCUT2D eigenvalue weighted by Crippen LogP contribution is -2.31. The molecular weight excluding hydrogens is 328 g/mol. The largest absolute Gasteiger partial charge is 0.452 e. The van der Waals surface area contributed by atoms with Gasteiger partial charge in [0.1, 0.15) is 11.6 Å². The lowest BCUT2D eigenvalue weighted by Gasteiger charge is -2.15. The summed E-state index contributed by atoms with van der Waals surface area (Å²) in [5, 5.41) is 2.48. The van der Waals surface area contributed by atoms with E-state index in [1.54, 1.807) is 13.0 Å². The summed E-state index contributed by atoms with van der Waals surface area (Å²) in [7, 11) is 0. The molecule has 1 amide bonds. The minimum atomic E-state index is -0.754. The number of esters is 1. The molecule has 2 aromatic rings. The number of benzene rings is 2. The number of carbonyl (C=O) groups is 2. The summed E-state index contributed by atoms with van der Waals surface area (Å²) in [6.45, 7) is 1.05. The molecule has 0 aliphatic rings. The highest BCUT2D eigenvalue weighted by Crippen LogP contribution is 2.17. The quantitative estimate of drug-likeness (QED) is 0.645. The van der Waals surface area contributed by atoms with Crippen LogP contribution in [-0.2, 0) is 14.3 Å². The lowest BCUT2D eigenvalue weighted by atomic mass is 10.1. The summed E-state index contributed by atoms with van der Waals surface area (Å²) in [4.78, 5) is 23.4. The monoisotopic (exact) mass is 345 g/mol. The van der Waals surface area contributed by atoms with E-state index in [4.69, 9.17) is 4.74 Å². The summed E-state index contributed by atoms with van der Waals surface area (Å²) in [5.74, 6) is -2.70. The third-order valence-corrected chi connectivity index (χ3v) is 3.36. The van der Waals surface area contributed by atoms with Gasteiger partial charge in [-0.25, -0.2) is 13.6 Å². The van der Waals surface area contributed by atoms with Gasteiger partial charge in [0.25, 0.3) is 5.91 Å². The smallest absolute Gasteiger partial charge is 0.331 e. The molecule has 0 spiro atoms. The Labute approximate surface area is 144 Å². The maximum atomic E-state index is 13.6. The van der Waals surface area contributed by atoms with Crippen molar-refractivity contribution < 1.29 is 23.1 Å². The highest BCUT2D eigenvalue weighted by molar-refractivity contribution is 5.89. The molecule has 2 rings (SSSR count). The van der Waals surface area contributed by atoms with E-state index in [2.05, 4.69) is 5.32 Å². The SMILES string of the molecule is C[C@@H](NC(=O)COC(=O)/C=C/c1ccccc1)c1ccc(F)cc1F. The first-order chi connectivity index (χ1) is 12.0. The van der Waals surface area contributed by atoms with E-state index in [0.29, 0.717) is 0 Å². The molecule has 1 N–H and O–H groups in total. The van der Waals surface area contributed by atoms with Crippen molar-refractivity contribution in [3.63, 3.8) is 0 Å². The number of carbonyl (C=O) groups excluding carboxylic acids is 2. The third-order valence-electron chi connectivity index (χ3n) is 3.36. The molecule has 0 aliphatic heterocycles. The molecule has 2 aromatic carbocycles. The predicted octanol–water partition coefficient (Wildman–Crippen LogP) is 3.40. The summed E-state index contributed by atoms with van der Waals surface area (Å²) in [5.41, 5.74) is 0.967. The van der Waals surface area contributed by atoms with Crippen molar-refractivity contribution in [2.75, 3.05) is 6.61 Å². The number of nitrogens with one attached hydrogen (secondary N) is 1. The number of rotatable bonds is 6. The molecule has 6 heteroatoms. The normalized spacial score (nSPS) is 12.0. The third kappa shape index (κ3) is 5.84. The molecule has 0 heterocycles. The van der Waals surface area contributed by atoms with Crippen molar-refractivity contribution in [2.24, 2.45) is 0 Å². The molecule has 130 valence electrons. The van der Waals surface area contributed by atoms with Crippen LogP contribution in [0, 0.1) is 11.6 Å². The highest BCUT2D eigenvalue weighted by atomic mass is 19.1. The Kier molecular flexibility index (Phi) is 6.39. The molecule has 0 aromatic heterocycles. The molecule has 25 heavy (non-hydrogen) atoms. The fraction of sp³-hybridized carbons (Fsp3) is 0.158. The van der Waals surface area contributed by atoms with Gasteiger partial charge >= 0.3 is 5.97 Å². The molecule has 4 nitrogen and oxygen atoms in total. The molecule has 0 radical (unpaired) electrons. The van der Waals surface area contributed by atoms with E-state index in [1.807, 2.05) is 30.3 Å². The standard InChI is InChI=1S/C19H17F2NO3/c1-13(16-9-8-15(20)11-17(16)21)22-18(23)12-25-19(24)10-7-14-5-3-2-4-6-14/h2-11,13H,12H2,1H3,(H,22,23)/b10-7+/t13-/m1/s1. The van der Waals surface area contributed by atoms with Crippen LogP contribution in [-0.4, -0.2) is 18.5 Å². The Morgan fingerprint density at radius 3 is 2.56 bits per heavy atom. The van der Waals surface area contributed by atoms with Gasteiger partial charge in [-0.15, -0.1) is 0 Å². The first-order valence-corrected chi connectivity index (χ1v) is 7.60. The Bertz CT molecular complexity index is 775. The van der Waals surface area contributed by atoms with E-state index < -0.39 is 36.2 Å². The molecule has 0 aliphatic carbocycles. The number of halogens is 2. The number of hydrogen-bond donors (Lipinski definition) is 1. The Morgan fingerprint density at radius 1 is 1.16 bits per heavy atom. The van der Waals surface area contributed by atoms with E-state index in [0.717, 1.165) is 17.7 Å². The number of amides is 1. The van der Waals surface area contributed by atoms with Crippen LogP contribution in [0.4, 0.5) is 8.78 Å². The van der Waals surface area contributed by atoms with Crippen molar-refractivity contribution in [3.05, 3.63) is 77.4 Å². The summed E-state index contributed by atoms with van der Waals surface area (Å²) < 4.78 is 31.3. The minimum absolute atomic E-state index is 0.144. The average Bonchev–Trinajstić information content (AvgIpc) is 2.59. The van der Waals surface area contributed by atoms with Gasteiger partial charge < -0.3 is 10.1 Å². The lowest BCUT2D eigenvalue weighted by molar-refractivity contribution is -0.144. The van der Waals surface area contributed by atoms with Crippen molar-refractivity contribution in [2.45, 2.75) is 13.0 Å². The van der Waals surface area contributed by atoms with E-state index in [9.17, 15) is 18.4 Å². The van der Waals surface area contributed by atoms with Gasteiger partial charge in [0.2, 0.25) is 0 Å². The van der Waals surface area contributed by atoms with Gasteiger partial charge in [0.15, 0.2) is 6.61 Å². The molecule has 0 fully saturated rings. The fourth-order valence-corrected chi connectivity index (χ4v) is 2.13. The molecule has 0 saturated carbocycles. The van der Waals surface area contributed by atoms with E-state index in [1.165, 1.54) is 12.1 Å². The first-order valence-electron chi connectivity index (χ1n) is 7.60. The van der Waals surface area contributed by atoms with Gasteiger partial charge in [-0.05, 0) is 24.6 Å². The van der Waals surface area contributed by atoms with Crippen LogP contribution in [0.25, 0.3) is 6.08 Å². The Morgan fingerprint density at radius 2 is 1.88 bits per heavy atom. The minimum Gasteiger partial charge on any atom is -0.452 e.